The summed E-state index contributed by atoms with van der Waals surface area (Å²) >= 11 is 0. The highest BCUT2D eigenvalue weighted by atomic mass is 16.3. The first-order valence-electron chi connectivity index (χ1n) is 6.58. The van der Waals surface area contributed by atoms with Gasteiger partial charge in [0.2, 0.25) is 0 Å². The van der Waals surface area contributed by atoms with Gasteiger partial charge in [0.25, 0.3) is 5.91 Å². The molecule has 6 heteroatoms. The molecule has 0 radical (unpaired) electrons. The molecule has 0 unspecified atom stereocenters. The minimum atomic E-state index is -0.566. The van der Waals surface area contributed by atoms with Gasteiger partial charge in [-0.15, -0.1) is 0 Å². The van der Waals surface area contributed by atoms with Crippen LogP contribution in [0, 0.1) is 0 Å². The highest BCUT2D eigenvalue weighted by molar-refractivity contribution is 5.89. The molecule has 0 spiro atoms. The lowest BCUT2D eigenvalue weighted by atomic mass is 10.3. The van der Waals surface area contributed by atoms with Crippen LogP contribution in [0.25, 0.3) is 0 Å². The molecule has 0 saturated carbocycles. The van der Waals surface area contributed by atoms with Gasteiger partial charge < -0.3 is 20.8 Å². The van der Waals surface area contributed by atoms with Gasteiger partial charge >= 0.3 is 0 Å². The summed E-state index contributed by atoms with van der Waals surface area (Å²) < 4.78 is 5.26. The van der Waals surface area contributed by atoms with Crippen LogP contribution in [0.5, 0.6) is 0 Å². The van der Waals surface area contributed by atoms with E-state index in [0.717, 1.165) is 31.9 Å². The number of nitrogens with one attached hydrogen (secondary N) is 2. The first-order valence-corrected chi connectivity index (χ1v) is 6.58. The van der Waals surface area contributed by atoms with Gasteiger partial charge in [0.1, 0.15) is 12.3 Å². The monoisotopic (exact) mass is 266 g/mol. The van der Waals surface area contributed by atoms with Crippen molar-refractivity contribution in [2.24, 2.45) is 10.7 Å². The number of guanidine groups is 1. The maximum absolute atomic E-state index is 10.9. The van der Waals surface area contributed by atoms with Crippen molar-refractivity contribution in [3.63, 3.8) is 0 Å². The molecule has 0 bridgehead atoms. The molecule has 1 heterocycles. The van der Waals surface area contributed by atoms with Gasteiger partial charge in [0.05, 0.1) is 0 Å². The SMILES string of the molecule is CCCCNC(=NCc1ccc(C(N)=O)o1)NCC. The average molecular weight is 266 g/mol. The lowest BCUT2D eigenvalue weighted by Gasteiger charge is -2.10. The molecule has 0 aliphatic heterocycles. The van der Waals surface area contributed by atoms with E-state index in [1.165, 1.54) is 0 Å². The third-order valence-electron chi connectivity index (χ3n) is 2.46. The number of amides is 1. The van der Waals surface area contributed by atoms with Crippen LogP contribution in [0.2, 0.25) is 0 Å². The van der Waals surface area contributed by atoms with Crippen molar-refractivity contribution in [1.82, 2.24) is 10.6 Å². The molecule has 6 nitrogen and oxygen atoms in total. The molecule has 0 aliphatic carbocycles. The van der Waals surface area contributed by atoms with Gasteiger partial charge in [-0.25, -0.2) is 4.99 Å². The number of furan rings is 1. The number of rotatable bonds is 7. The first kappa shape index (κ1) is 15.1. The van der Waals surface area contributed by atoms with Crippen molar-refractivity contribution in [3.8, 4) is 0 Å². The van der Waals surface area contributed by atoms with Crippen LogP contribution in [-0.2, 0) is 6.54 Å². The van der Waals surface area contributed by atoms with E-state index < -0.39 is 5.91 Å². The van der Waals surface area contributed by atoms with E-state index in [-0.39, 0.29) is 5.76 Å². The van der Waals surface area contributed by atoms with E-state index in [0.29, 0.717) is 12.3 Å². The Morgan fingerprint density at radius 2 is 2.16 bits per heavy atom. The summed E-state index contributed by atoms with van der Waals surface area (Å²) in [5.41, 5.74) is 5.12. The molecule has 19 heavy (non-hydrogen) atoms. The number of nitrogens with zero attached hydrogens (tertiary/aromatic N) is 1. The topological polar surface area (TPSA) is 92.6 Å². The summed E-state index contributed by atoms with van der Waals surface area (Å²) in [6.07, 6.45) is 2.23. The van der Waals surface area contributed by atoms with Gasteiger partial charge in [-0.3, -0.25) is 4.79 Å². The summed E-state index contributed by atoms with van der Waals surface area (Å²) in [5, 5.41) is 6.37. The minimum absolute atomic E-state index is 0.161. The predicted molar refractivity (Wildman–Crippen MR) is 75.0 cm³/mol. The number of carbonyl (C=O) groups is 1. The molecule has 1 amide bonds. The molecule has 0 saturated heterocycles. The number of unbranched alkanes of at least 4 members (excludes halogenated alkanes) is 1. The van der Waals surface area contributed by atoms with Gasteiger partial charge in [-0.1, -0.05) is 13.3 Å². The molecule has 0 aromatic carbocycles. The summed E-state index contributed by atoms with van der Waals surface area (Å²) in [7, 11) is 0. The molecule has 1 aromatic rings. The number of primary amides is 1. The zero-order chi connectivity index (χ0) is 14.1. The van der Waals surface area contributed by atoms with Crippen molar-refractivity contribution in [1.29, 1.82) is 0 Å². The Morgan fingerprint density at radius 1 is 1.37 bits per heavy atom. The molecule has 106 valence electrons. The Morgan fingerprint density at radius 3 is 2.74 bits per heavy atom. The number of nitrogens with two attached hydrogens (primary N) is 1. The molecule has 4 N–H and O–H groups in total. The second-order valence-corrected chi connectivity index (χ2v) is 4.11. The Hall–Kier alpha value is -1.98. The zero-order valence-corrected chi connectivity index (χ0v) is 11.5. The summed E-state index contributed by atoms with van der Waals surface area (Å²) in [4.78, 5) is 15.3. The molecule has 1 aromatic heterocycles. The minimum Gasteiger partial charge on any atom is -0.454 e. The standard InChI is InChI=1S/C13H22N4O2/c1-3-5-8-16-13(15-4-2)17-9-10-6-7-11(19-10)12(14)18/h6-7H,3-5,8-9H2,1-2H3,(H2,14,18)(H2,15,16,17). The lowest BCUT2D eigenvalue weighted by molar-refractivity contribution is 0.0972. The summed E-state index contributed by atoms with van der Waals surface area (Å²) in [6, 6.07) is 3.27. The van der Waals surface area contributed by atoms with Crippen molar-refractivity contribution in [2.75, 3.05) is 13.1 Å². The highest BCUT2D eigenvalue weighted by Gasteiger charge is 2.06. The Balaban J connectivity index is 2.55. The molecular formula is C13H22N4O2. The predicted octanol–water partition coefficient (Wildman–Crippen LogP) is 1.23. The van der Waals surface area contributed by atoms with Crippen LogP contribution >= 0.6 is 0 Å². The quantitative estimate of drug-likeness (QED) is 0.393. The van der Waals surface area contributed by atoms with Crippen LogP contribution in [0.4, 0.5) is 0 Å². The highest BCUT2D eigenvalue weighted by Crippen LogP contribution is 2.08. The Labute approximate surface area is 113 Å². The number of hydrogen-bond acceptors (Lipinski definition) is 3. The van der Waals surface area contributed by atoms with Gasteiger partial charge in [-0.05, 0) is 25.5 Å². The van der Waals surface area contributed by atoms with Crippen LogP contribution in [-0.4, -0.2) is 25.0 Å². The zero-order valence-electron chi connectivity index (χ0n) is 11.5. The van der Waals surface area contributed by atoms with Crippen LogP contribution < -0.4 is 16.4 Å². The van der Waals surface area contributed by atoms with E-state index in [9.17, 15) is 4.79 Å². The normalized spacial score (nSPS) is 11.4. The fraction of sp³-hybridized carbons (Fsp3) is 0.538. The van der Waals surface area contributed by atoms with Crippen LogP contribution in [0.1, 0.15) is 43.0 Å². The Bertz CT molecular complexity index is 426. The first-order chi connectivity index (χ1) is 9.17. The van der Waals surface area contributed by atoms with Crippen molar-refractivity contribution in [2.45, 2.75) is 33.2 Å². The number of hydrogen-bond donors (Lipinski definition) is 3. The second-order valence-electron chi connectivity index (χ2n) is 4.11. The maximum atomic E-state index is 10.9. The van der Waals surface area contributed by atoms with Crippen molar-refractivity contribution >= 4 is 11.9 Å². The molecular weight excluding hydrogens is 244 g/mol. The van der Waals surface area contributed by atoms with Gasteiger partial charge in [0, 0.05) is 13.1 Å². The molecule has 0 atom stereocenters. The molecule has 0 fully saturated rings. The largest absolute Gasteiger partial charge is 0.454 e. The van der Waals surface area contributed by atoms with E-state index in [2.05, 4.69) is 22.5 Å². The van der Waals surface area contributed by atoms with Crippen molar-refractivity contribution < 1.29 is 9.21 Å². The van der Waals surface area contributed by atoms with Gasteiger partial charge in [0.15, 0.2) is 11.7 Å². The number of aliphatic imine (C=N–C) groups is 1. The van der Waals surface area contributed by atoms with Crippen LogP contribution in [0.3, 0.4) is 0 Å². The van der Waals surface area contributed by atoms with E-state index in [1.54, 1.807) is 12.1 Å². The average Bonchev–Trinajstić information content (AvgIpc) is 2.85. The smallest absolute Gasteiger partial charge is 0.284 e. The van der Waals surface area contributed by atoms with Gasteiger partial charge in [-0.2, -0.15) is 0 Å². The van der Waals surface area contributed by atoms with Crippen molar-refractivity contribution in [3.05, 3.63) is 23.7 Å². The number of carbonyl (C=O) groups excluding carboxylic acids is 1. The third kappa shape index (κ3) is 5.46. The second kappa shape index (κ2) is 8.18. The fourth-order valence-corrected chi connectivity index (χ4v) is 1.48. The molecule has 0 aliphatic rings. The maximum Gasteiger partial charge on any atom is 0.284 e. The molecule has 1 rings (SSSR count). The van der Waals surface area contributed by atoms with Crippen LogP contribution in [0.15, 0.2) is 21.5 Å². The summed E-state index contributed by atoms with van der Waals surface area (Å²) in [6.45, 7) is 6.19. The fourth-order valence-electron chi connectivity index (χ4n) is 1.48. The van der Waals surface area contributed by atoms with E-state index in [4.69, 9.17) is 10.2 Å². The van der Waals surface area contributed by atoms with E-state index in [1.807, 2.05) is 6.92 Å². The lowest BCUT2D eigenvalue weighted by Crippen LogP contribution is -2.37. The summed E-state index contributed by atoms with van der Waals surface area (Å²) in [5.74, 6) is 0.951. The third-order valence-corrected chi connectivity index (χ3v) is 2.46. The van der Waals surface area contributed by atoms with E-state index >= 15 is 0 Å². The Kier molecular flexibility index (Phi) is 6.49.